The molecular formula is H2Br2OV. The summed E-state index contributed by atoms with van der Waals surface area (Å²) in [6.07, 6.45) is 0. The van der Waals surface area contributed by atoms with Crippen LogP contribution in [0.5, 0.6) is 0 Å². The summed E-state index contributed by atoms with van der Waals surface area (Å²) in [6.45, 7) is 0. The zero-order valence-electron chi connectivity index (χ0n) is 1.70. The third kappa shape index (κ3) is 9.71. The summed E-state index contributed by atoms with van der Waals surface area (Å²) < 4.78 is 0. The summed E-state index contributed by atoms with van der Waals surface area (Å²) in [5.74, 6) is 0. The van der Waals surface area contributed by atoms with Gasteiger partial charge in [0, 0.05) is 0 Å². The van der Waals surface area contributed by atoms with Gasteiger partial charge in [0.15, 0.2) is 0 Å². The van der Waals surface area contributed by atoms with Gasteiger partial charge < -0.3 is 5.48 Å². The Kier molecular flexibility index (Phi) is 20.1. The number of rotatable bonds is 0. The van der Waals surface area contributed by atoms with Crippen molar-refractivity contribution in [2.75, 3.05) is 0 Å². The van der Waals surface area contributed by atoms with Crippen molar-refractivity contribution in [3.05, 3.63) is 0 Å². The monoisotopic (exact) mass is 227 g/mol. The van der Waals surface area contributed by atoms with E-state index in [-0.39, 0.29) is 5.48 Å². The Hall–Kier alpha value is 1.50. The summed E-state index contributed by atoms with van der Waals surface area (Å²) in [7, 11) is 0. The van der Waals surface area contributed by atoms with Gasteiger partial charge in [-0.05, 0) is 0 Å². The van der Waals surface area contributed by atoms with Crippen LogP contribution in [0, 0.1) is 0 Å². The van der Waals surface area contributed by atoms with E-state index in [4.69, 9.17) is 0 Å². The molecule has 0 bridgehead atoms. The molecule has 0 saturated carbocycles. The van der Waals surface area contributed by atoms with Gasteiger partial charge in [-0.15, -0.1) is 0 Å². The standard InChI is InChI=1S/2BrH.H2O.V/h2*1H;1H2;/q;;;+2/p-2. The van der Waals surface area contributed by atoms with Gasteiger partial charge in [0.1, 0.15) is 0 Å². The zero-order chi connectivity index (χ0) is 2.71. The van der Waals surface area contributed by atoms with Crippen molar-refractivity contribution in [1.82, 2.24) is 0 Å². The van der Waals surface area contributed by atoms with Crippen molar-refractivity contribution in [3.8, 4) is 0 Å². The van der Waals surface area contributed by atoms with Crippen molar-refractivity contribution in [1.29, 1.82) is 0 Å². The van der Waals surface area contributed by atoms with Crippen LogP contribution in [-0.2, 0) is 12.5 Å². The van der Waals surface area contributed by atoms with E-state index >= 15 is 0 Å². The Bertz CT molecular complexity index is 6.00. The van der Waals surface area contributed by atoms with Gasteiger partial charge in [-0.2, -0.15) is 0 Å². The molecule has 0 spiro atoms. The van der Waals surface area contributed by atoms with Crippen LogP contribution < -0.4 is 0 Å². The van der Waals surface area contributed by atoms with Crippen LogP contribution in [0.4, 0.5) is 0 Å². The van der Waals surface area contributed by atoms with Gasteiger partial charge >= 0.3 is 40.1 Å². The van der Waals surface area contributed by atoms with E-state index in [0.29, 0.717) is 12.5 Å². The molecule has 0 rings (SSSR count). The molecule has 0 unspecified atom stereocenters. The van der Waals surface area contributed by atoms with Crippen LogP contribution in [0.2, 0.25) is 0 Å². The number of hydrogen-bond acceptors (Lipinski definition) is 0. The van der Waals surface area contributed by atoms with Crippen LogP contribution >= 0.6 is 27.6 Å². The van der Waals surface area contributed by atoms with E-state index in [1.54, 1.807) is 0 Å². The molecule has 4 heavy (non-hydrogen) atoms. The molecule has 0 fully saturated rings. The Balaban J connectivity index is 0. The molecule has 0 aliphatic carbocycles. The van der Waals surface area contributed by atoms with Crippen LogP contribution in [0.1, 0.15) is 0 Å². The molecule has 0 heterocycles. The van der Waals surface area contributed by atoms with E-state index in [1.807, 2.05) is 0 Å². The molecule has 0 aromatic heterocycles. The van der Waals surface area contributed by atoms with Crippen molar-refractivity contribution >= 4 is 27.6 Å². The first-order valence-corrected chi connectivity index (χ1v) is 7.24. The third-order valence-corrected chi connectivity index (χ3v) is 0. The number of hydrogen-bond donors (Lipinski definition) is 0. The van der Waals surface area contributed by atoms with Crippen LogP contribution in [0.3, 0.4) is 0 Å². The minimum absolute atomic E-state index is 0. The normalized spacial score (nSPS) is 3.50. The van der Waals surface area contributed by atoms with Crippen molar-refractivity contribution in [2.45, 2.75) is 0 Å². The number of halogens is 2. The summed E-state index contributed by atoms with van der Waals surface area (Å²) >= 11 is 6.62. The van der Waals surface area contributed by atoms with Crippen molar-refractivity contribution in [2.24, 2.45) is 0 Å². The second-order valence-corrected chi connectivity index (χ2v) is 7.11. The first-order chi connectivity index (χ1) is 1.41. The maximum atomic E-state index is 3.16. The molecule has 0 radical (unpaired) electrons. The average Bonchev–Trinajstić information content (AvgIpc) is 0.918. The van der Waals surface area contributed by atoms with Gasteiger partial charge in [0.25, 0.3) is 0 Å². The molecule has 1 nitrogen and oxygen atoms in total. The molecule has 4 heteroatoms. The second kappa shape index (κ2) is 8.82. The van der Waals surface area contributed by atoms with E-state index < -0.39 is 0 Å². The Morgan fingerprint density at radius 2 is 1.25 bits per heavy atom. The molecule has 0 atom stereocenters. The summed E-state index contributed by atoms with van der Waals surface area (Å²) in [6, 6.07) is 0. The van der Waals surface area contributed by atoms with Crippen LogP contribution in [0.15, 0.2) is 0 Å². The summed E-state index contributed by atoms with van der Waals surface area (Å²) in [4.78, 5) is 0. The Morgan fingerprint density at radius 3 is 1.25 bits per heavy atom. The Morgan fingerprint density at radius 1 is 1.25 bits per heavy atom. The molecule has 0 aliphatic heterocycles. The van der Waals surface area contributed by atoms with Gasteiger partial charge in [-0.3, -0.25) is 0 Å². The van der Waals surface area contributed by atoms with E-state index in [9.17, 15) is 0 Å². The quantitative estimate of drug-likeness (QED) is 0.589. The topological polar surface area (TPSA) is 31.5 Å². The minimum atomic E-state index is 0. The molecule has 0 amide bonds. The molecule has 0 saturated heterocycles. The fourth-order valence-electron chi connectivity index (χ4n) is 0. The van der Waals surface area contributed by atoms with E-state index in [1.165, 1.54) is 0 Å². The summed E-state index contributed by atoms with van der Waals surface area (Å²) in [5, 5.41) is 0. The van der Waals surface area contributed by atoms with Gasteiger partial charge in [0.05, 0.1) is 0 Å². The predicted octanol–water partition coefficient (Wildman–Crippen LogP) is 0.864. The van der Waals surface area contributed by atoms with Crippen LogP contribution in [-0.4, -0.2) is 5.48 Å². The van der Waals surface area contributed by atoms with Gasteiger partial charge in [-0.25, -0.2) is 0 Å². The van der Waals surface area contributed by atoms with Crippen LogP contribution in [0.25, 0.3) is 0 Å². The molecular weight excluding hydrogens is 227 g/mol. The van der Waals surface area contributed by atoms with E-state index in [0.717, 1.165) is 0 Å². The SMILES string of the molecule is O.[Br][V][Br]. The third-order valence-electron chi connectivity index (χ3n) is 0. The molecule has 0 aliphatic rings. The Labute approximate surface area is 45.5 Å². The van der Waals surface area contributed by atoms with E-state index in [2.05, 4.69) is 27.6 Å². The van der Waals surface area contributed by atoms with Gasteiger partial charge in [0.2, 0.25) is 0 Å². The molecule has 0 aromatic rings. The van der Waals surface area contributed by atoms with Gasteiger partial charge in [-0.1, -0.05) is 0 Å². The summed E-state index contributed by atoms with van der Waals surface area (Å²) in [5.41, 5.74) is 0. The fraction of sp³-hybridized carbons (Fsp3) is 0. The molecule has 27 valence electrons. The predicted molar refractivity (Wildman–Crippen MR) is 21.5 cm³/mol. The zero-order valence-corrected chi connectivity index (χ0v) is 6.27. The average molecular weight is 229 g/mol. The van der Waals surface area contributed by atoms with Crippen molar-refractivity contribution in [3.63, 3.8) is 0 Å². The van der Waals surface area contributed by atoms with Crippen molar-refractivity contribution < 1.29 is 18.0 Å². The molecule has 2 N–H and O–H groups in total. The molecule has 0 aromatic carbocycles. The fourth-order valence-corrected chi connectivity index (χ4v) is 0. The first kappa shape index (κ1) is 9.09. The maximum absolute atomic E-state index is 3.16. The first-order valence-electron chi connectivity index (χ1n) is 0.338. The second-order valence-electron chi connectivity index (χ2n) is 0.0639.